The third-order valence-electron chi connectivity index (χ3n) is 3.86. The Bertz CT molecular complexity index is 629. The molecular weight excluding hydrogens is 320 g/mol. The van der Waals surface area contributed by atoms with E-state index < -0.39 is 0 Å². The highest BCUT2D eigenvalue weighted by molar-refractivity contribution is 6.04. The Balaban J connectivity index is 1.87. The Hall–Kier alpha value is -2.41. The molecule has 0 heterocycles. The number of hydrogen-bond acceptors (Lipinski definition) is 3. The molecule has 1 fully saturated rings. The van der Waals surface area contributed by atoms with Crippen molar-refractivity contribution in [2.24, 2.45) is 0 Å². The van der Waals surface area contributed by atoms with Gasteiger partial charge in [0.15, 0.2) is 13.1 Å². The lowest BCUT2D eigenvalue weighted by atomic mass is 10.1. The highest BCUT2D eigenvalue weighted by Gasteiger charge is 2.25. The highest BCUT2D eigenvalue weighted by atomic mass is 16.2. The van der Waals surface area contributed by atoms with Crippen molar-refractivity contribution in [3.05, 3.63) is 29.8 Å². The molecule has 2 rings (SSSR count). The number of quaternary nitrogens is 1. The normalized spacial score (nSPS) is 14.5. The Morgan fingerprint density at radius 2 is 1.80 bits per heavy atom. The predicted octanol–water partition coefficient (Wildman–Crippen LogP) is -0.442. The molecule has 1 atom stereocenters. The molecular formula is C18H27N4O3+. The smallest absolute Gasteiger partial charge is 0.279 e. The average Bonchev–Trinajstić information content (AvgIpc) is 3.37. The van der Waals surface area contributed by atoms with Crippen molar-refractivity contribution in [1.82, 2.24) is 10.6 Å². The summed E-state index contributed by atoms with van der Waals surface area (Å²) in [6.45, 7) is 3.01. The van der Waals surface area contributed by atoms with Gasteiger partial charge in [0.25, 0.3) is 17.7 Å². The summed E-state index contributed by atoms with van der Waals surface area (Å²) < 4.78 is 0. The van der Waals surface area contributed by atoms with Gasteiger partial charge in [-0.15, -0.1) is 0 Å². The molecule has 0 spiro atoms. The molecule has 1 saturated carbocycles. The first-order chi connectivity index (χ1) is 12.0. The Morgan fingerprint density at radius 3 is 2.48 bits per heavy atom. The SMILES string of the molecule is CCCNC(=O)C[NH+](C)CC(=O)Nc1ccccc1C(=O)NC1CC1. The number of likely N-dealkylation sites (N-methyl/N-ethyl adjacent to an activating group) is 1. The molecule has 7 nitrogen and oxygen atoms in total. The average molecular weight is 347 g/mol. The largest absolute Gasteiger partial charge is 0.351 e. The molecule has 136 valence electrons. The topological polar surface area (TPSA) is 91.7 Å². The minimum Gasteiger partial charge on any atom is -0.351 e. The monoisotopic (exact) mass is 347 g/mol. The quantitative estimate of drug-likeness (QED) is 0.488. The molecule has 7 heteroatoms. The van der Waals surface area contributed by atoms with Crippen LogP contribution in [0, 0.1) is 0 Å². The molecule has 0 aromatic heterocycles. The van der Waals surface area contributed by atoms with Crippen LogP contribution in [0.1, 0.15) is 36.5 Å². The fourth-order valence-corrected chi connectivity index (χ4v) is 2.41. The predicted molar refractivity (Wildman–Crippen MR) is 95.5 cm³/mol. The van der Waals surface area contributed by atoms with Crippen molar-refractivity contribution >= 4 is 23.4 Å². The van der Waals surface area contributed by atoms with Crippen LogP contribution in [0.5, 0.6) is 0 Å². The summed E-state index contributed by atoms with van der Waals surface area (Å²) in [6, 6.07) is 7.21. The number of carbonyl (C=O) groups excluding carboxylic acids is 3. The Labute approximate surface area is 148 Å². The summed E-state index contributed by atoms with van der Waals surface area (Å²) in [5.74, 6) is -0.470. The zero-order valence-electron chi connectivity index (χ0n) is 14.9. The molecule has 1 aromatic carbocycles. The lowest BCUT2D eigenvalue weighted by molar-refractivity contribution is -0.862. The number of nitrogens with one attached hydrogen (secondary N) is 4. The van der Waals surface area contributed by atoms with E-state index in [1.54, 1.807) is 31.3 Å². The zero-order valence-corrected chi connectivity index (χ0v) is 14.9. The molecule has 1 aromatic rings. The van der Waals surface area contributed by atoms with Gasteiger partial charge in [-0.25, -0.2) is 0 Å². The summed E-state index contributed by atoms with van der Waals surface area (Å²) >= 11 is 0. The van der Waals surface area contributed by atoms with Gasteiger partial charge in [-0.2, -0.15) is 0 Å². The molecule has 1 aliphatic carbocycles. The van der Waals surface area contributed by atoms with Crippen LogP contribution >= 0.6 is 0 Å². The number of carbonyl (C=O) groups is 3. The van der Waals surface area contributed by atoms with Crippen LogP contribution < -0.4 is 20.9 Å². The summed E-state index contributed by atoms with van der Waals surface area (Å²) in [6.07, 6.45) is 2.90. The van der Waals surface area contributed by atoms with E-state index in [1.807, 2.05) is 6.92 Å². The highest BCUT2D eigenvalue weighted by Crippen LogP contribution is 2.21. The maximum absolute atomic E-state index is 12.2. The van der Waals surface area contributed by atoms with Crippen LogP contribution in [0.4, 0.5) is 5.69 Å². The molecule has 4 N–H and O–H groups in total. The molecule has 0 saturated heterocycles. The first-order valence-corrected chi connectivity index (χ1v) is 8.77. The van der Waals surface area contributed by atoms with E-state index in [1.165, 1.54) is 0 Å². The maximum Gasteiger partial charge on any atom is 0.279 e. The third-order valence-corrected chi connectivity index (χ3v) is 3.86. The van der Waals surface area contributed by atoms with Gasteiger partial charge in [0.1, 0.15) is 0 Å². The summed E-state index contributed by atoms with van der Waals surface area (Å²) in [5.41, 5.74) is 0.954. The van der Waals surface area contributed by atoms with E-state index in [0.29, 0.717) is 17.8 Å². The lowest BCUT2D eigenvalue weighted by Crippen LogP contribution is -3.11. The van der Waals surface area contributed by atoms with E-state index in [4.69, 9.17) is 0 Å². The van der Waals surface area contributed by atoms with Gasteiger partial charge in [-0.1, -0.05) is 19.1 Å². The molecule has 1 unspecified atom stereocenters. The van der Waals surface area contributed by atoms with Crippen LogP contribution in [0.15, 0.2) is 24.3 Å². The van der Waals surface area contributed by atoms with Crippen molar-refractivity contribution < 1.29 is 19.3 Å². The second-order valence-corrected chi connectivity index (χ2v) is 6.50. The number of amides is 3. The van der Waals surface area contributed by atoms with Crippen molar-refractivity contribution in [3.63, 3.8) is 0 Å². The molecule has 0 radical (unpaired) electrons. The standard InChI is InChI=1S/C18H26N4O3/c1-3-10-19-16(23)11-22(2)12-17(24)21-15-7-5-4-6-14(15)18(25)20-13-8-9-13/h4-7,13H,3,8-12H2,1-2H3,(H,19,23)(H,20,25)(H,21,24)/p+1. The van der Waals surface area contributed by atoms with E-state index in [0.717, 1.165) is 24.2 Å². The number of hydrogen-bond donors (Lipinski definition) is 4. The van der Waals surface area contributed by atoms with Gasteiger partial charge in [0.05, 0.1) is 18.3 Å². The third kappa shape index (κ3) is 6.54. The Kier molecular flexibility index (Phi) is 6.94. The number of para-hydroxylation sites is 1. The zero-order chi connectivity index (χ0) is 18.2. The fourth-order valence-electron chi connectivity index (χ4n) is 2.41. The van der Waals surface area contributed by atoms with E-state index in [-0.39, 0.29) is 36.9 Å². The van der Waals surface area contributed by atoms with Gasteiger partial charge in [-0.3, -0.25) is 14.4 Å². The van der Waals surface area contributed by atoms with Crippen molar-refractivity contribution in [2.75, 3.05) is 32.0 Å². The van der Waals surface area contributed by atoms with Crippen molar-refractivity contribution in [2.45, 2.75) is 32.2 Å². The van der Waals surface area contributed by atoms with Crippen LogP contribution in [0.3, 0.4) is 0 Å². The first-order valence-electron chi connectivity index (χ1n) is 8.77. The van der Waals surface area contributed by atoms with E-state index in [9.17, 15) is 14.4 Å². The van der Waals surface area contributed by atoms with Crippen molar-refractivity contribution in [3.8, 4) is 0 Å². The fraction of sp³-hybridized carbons (Fsp3) is 0.500. The summed E-state index contributed by atoms with van der Waals surface area (Å²) in [5, 5.41) is 8.49. The summed E-state index contributed by atoms with van der Waals surface area (Å²) in [7, 11) is 1.79. The van der Waals surface area contributed by atoms with Gasteiger partial charge in [0.2, 0.25) is 0 Å². The number of benzene rings is 1. The second kappa shape index (κ2) is 9.17. The van der Waals surface area contributed by atoms with Crippen LogP contribution in [0.2, 0.25) is 0 Å². The van der Waals surface area contributed by atoms with Crippen LogP contribution in [0.25, 0.3) is 0 Å². The molecule has 0 bridgehead atoms. The first kappa shape index (κ1) is 18.9. The minimum atomic E-state index is -0.229. The minimum absolute atomic E-state index is 0.0728. The Morgan fingerprint density at radius 1 is 1.12 bits per heavy atom. The van der Waals surface area contributed by atoms with Crippen molar-refractivity contribution in [1.29, 1.82) is 0 Å². The number of anilines is 1. The molecule has 1 aliphatic rings. The molecule has 3 amide bonds. The van der Waals surface area contributed by atoms with E-state index >= 15 is 0 Å². The van der Waals surface area contributed by atoms with Crippen LogP contribution in [-0.4, -0.2) is 50.4 Å². The second-order valence-electron chi connectivity index (χ2n) is 6.50. The molecule has 0 aliphatic heterocycles. The van der Waals surface area contributed by atoms with E-state index in [2.05, 4.69) is 16.0 Å². The summed E-state index contributed by atoms with van der Waals surface area (Å²) in [4.78, 5) is 36.9. The van der Waals surface area contributed by atoms with Gasteiger partial charge >= 0.3 is 0 Å². The number of rotatable bonds is 9. The van der Waals surface area contributed by atoms with Crippen LogP contribution in [-0.2, 0) is 9.59 Å². The lowest BCUT2D eigenvalue weighted by Gasteiger charge is -2.15. The van der Waals surface area contributed by atoms with Gasteiger partial charge < -0.3 is 20.9 Å². The van der Waals surface area contributed by atoms with Gasteiger partial charge in [0, 0.05) is 12.6 Å². The van der Waals surface area contributed by atoms with Gasteiger partial charge in [-0.05, 0) is 31.4 Å². The maximum atomic E-state index is 12.2. The molecule has 25 heavy (non-hydrogen) atoms.